The van der Waals surface area contributed by atoms with Gasteiger partial charge in [0.25, 0.3) is 0 Å². The van der Waals surface area contributed by atoms with Crippen molar-refractivity contribution in [1.29, 1.82) is 0 Å². The maximum atomic E-state index is 8.51. The largest absolute Gasteiger partial charge is 0.396 e. The first-order valence-electron chi connectivity index (χ1n) is 4.98. The van der Waals surface area contributed by atoms with Gasteiger partial charge in [-0.1, -0.05) is 0 Å². The van der Waals surface area contributed by atoms with Crippen LogP contribution in [0.1, 0.15) is 25.7 Å². The monoisotopic (exact) mass is 172 g/mol. The van der Waals surface area contributed by atoms with Gasteiger partial charge in [-0.05, 0) is 32.2 Å². The highest BCUT2D eigenvalue weighted by Crippen LogP contribution is 2.17. The Morgan fingerprint density at radius 3 is 2.58 bits per heavy atom. The Hall–Kier alpha value is -0.120. The van der Waals surface area contributed by atoms with Crippen molar-refractivity contribution in [2.75, 3.05) is 26.2 Å². The molecule has 0 atom stereocenters. The first-order valence-corrected chi connectivity index (χ1v) is 4.98. The minimum atomic E-state index is 0.321. The summed E-state index contributed by atoms with van der Waals surface area (Å²) >= 11 is 0. The summed E-state index contributed by atoms with van der Waals surface area (Å²) in [6, 6.07) is 0.823. The van der Waals surface area contributed by atoms with Crippen LogP contribution in [0.25, 0.3) is 0 Å². The quantitative estimate of drug-likeness (QED) is 0.455. The van der Waals surface area contributed by atoms with Crippen molar-refractivity contribution >= 4 is 0 Å². The van der Waals surface area contributed by atoms with E-state index in [0.29, 0.717) is 6.61 Å². The van der Waals surface area contributed by atoms with Gasteiger partial charge in [-0.2, -0.15) is 0 Å². The minimum absolute atomic E-state index is 0.321. The molecule has 1 rings (SSSR count). The summed E-state index contributed by atoms with van der Waals surface area (Å²) in [7, 11) is 0. The van der Waals surface area contributed by atoms with E-state index in [1.165, 1.54) is 12.8 Å². The SMILES string of the molecule is OCCCCNCCNC1CC1. The Morgan fingerprint density at radius 2 is 1.92 bits per heavy atom. The van der Waals surface area contributed by atoms with Crippen LogP contribution < -0.4 is 10.6 Å². The smallest absolute Gasteiger partial charge is 0.0431 e. The van der Waals surface area contributed by atoms with Crippen molar-refractivity contribution in [2.24, 2.45) is 0 Å². The Labute approximate surface area is 74.5 Å². The maximum Gasteiger partial charge on any atom is 0.0431 e. The summed E-state index contributed by atoms with van der Waals surface area (Å²) in [6.45, 7) is 3.50. The van der Waals surface area contributed by atoms with E-state index in [1.807, 2.05) is 0 Å². The molecule has 0 aromatic rings. The van der Waals surface area contributed by atoms with Gasteiger partial charge in [0, 0.05) is 25.7 Å². The average Bonchev–Trinajstić information content (AvgIpc) is 2.87. The Morgan fingerprint density at radius 1 is 1.08 bits per heavy atom. The van der Waals surface area contributed by atoms with E-state index in [1.54, 1.807) is 0 Å². The number of hydrogen-bond acceptors (Lipinski definition) is 3. The van der Waals surface area contributed by atoms with Crippen LogP contribution in [-0.2, 0) is 0 Å². The van der Waals surface area contributed by atoms with Gasteiger partial charge in [0.05, 0.1) is 0 Å². The molecule has 0 saturated heterocycles. The van der Waals surface area contributed by atoms with Crippen molar-refractivity contribution in [3.63, 3.8) is 0 Å². The number of rotatable bonds is 8. The van der Waals surface area contributed by atoms with Gasteiger partial charge in [-0.3, -0.25) is 0 Å². The molecule has 0 radical (unpaired) electrons. The lowest BCUT2D eigenvalue weighted by Crippen LogP contribution is -2.29. The Bertz CT molecular complexity index is 105. The summed E-state index contributed by atoms with van der Waals surface area (Å²) in [5, 5.41) is 15.3. The first kappa shape index (κ1) is 9.96. The lowest BCUT2D eigenvalue weighted by atomic mass is 10.3. The summed E-state index contributed by atoms with van der Waals surface area (Å²) < 4.78 is 0. The highest BCUT2D eigenvalue weighted by molar-refractivity contribution is 4.80. The summed E-state index contributed by atoms with van der Waals surface area (Å²) in [5.74, 6) is 0. The molecule has 0 spiro atoms. The molecule has 1 aliphatic carbocycles. The normalized spacial score (nSPS) is 16.8. The van der Waals surface area contributed by atoms with Crippen LogP contribution in [-0.4, -0.2) is 37.4 Å². The molecule has 3 heteroatoms. The molecule has 0 aromatic carbocycles. The number of nitrogens with one attached hydrogen (secondary N) is 2. The lowest BCUT2D eigenvalue weighted by molar-refractivity contribution is 0.283. The minimum Gasteiger partial charge on any atom is -0.396 e. The molecule has 72 valence electrons. The molecule has 0 aliphatic heterocycles. The molecule has 1 aliphatic rings. The van der Waals surface area contributed by atoms with E-state index in [4.69, 9.17) is 5.11 Å². The van der Waals surface area contributed by atoms with Crippen LogP contribution in [0.15, 0.2) is 0 Å². The molecule has 1 saturated carbocycles. The highest BCUT2D eigenvalue weighted by atomic mass is 16.2. The van der Waals surface area contributed by atoms with E-state index < -0.39 is 0 Å². The second-order valence-corrected chi connectivity index (χ2v) is 3.41. The summed E-state index contributed by atoms with van der Waals surface area (Å²) in [4.78, 5) is 0. The molecule has 0 amide bonds. The molecule has 0 heterocycles. The van der Waals surface area contributed by atoms with E-state index in [2.05, 4.69) is 10.6 Å². The zero-order valence-corrected chi connectivity index (χ0v) is 7.68. The van der Waals surface area contributed by atoms with Gasteiger partial charge in [-0.15, -0.1) is 0 Å². The second-order valence-electron chi connectivity index (χ2n) is 3.41. The molecule has 12 heavy (non-hydrogen) atoms. The number of aliphatic hydroxyl groups is 1. The van der Waals surface area contributed by atoms with Gasteiger partial charge in [0.2, 0.25) is 0 Å². The van der Waals surface area contributed by atoms with E-state index >= 15 is 0 Å². The van der Waals surface area contributed by atoms with Crippen LogP contribution in [0.5, 0.6) is 0 Å². The molecule has 0 unspecified atom stereocenters. The molecular formula is C9H20N2O. The molecule has 1 fully saturated rings. The van der Waals surface area contributed by atoms with Crippen LogP contribution >= 0.6 is 0 Å². The molecule has 0 bridgehead atoms. The third-order valence-electron chi connectivity index (χ3n) is 2.07. The zero-order valence-electron chi connectivity index (χ0n) is 7.68. The third kappa shape index (κ3) is 5.52. The maximum absolute atomic E-state index is 8.51. The predicted octanol–water partition coefficient (Wildman–Crippen LogP) is 0.100. The van der Waals surface area contributed by atoms with Gasteiger partial charge >= 0.3 is 0 Å². The van der Waals surface area contributed by atoms with Crippen LogP contribution in [0, 0.1) is 0 Å². The van der Waals surface area contributed by atoms with Crippen molar-refractivity contribution in [1.82, 2.24) is 10.6 Å². The Balaban J connectivity index is 1.65. The second kappa shape index (κ2) is 6.40. The molecule has 3 nitrogen and oxygen atoms in total. The molecule has 0 aromatic heterocycles. The average molecular weight is 172 g/mol. The molecule has 3 N–H and O–H groups in total. The van der Waals surface area contributed by atoms with E-state index in [-0.39, 0.29) is 0 Å². The number of unbranched alkanes of at least 4 members (excludes halogenated alkanes) is 1. The zero-order chi connectivity index (χ0) is 8.65. The van der Waals surface area contributed by atoms with Crippen molar-refractivity contribution < 1.29 is 5.11 Å². The number of hydrogen-bond donors (Lipinski definition) is 3. The first-order chi connectivity index (χ1) is 5.93. The molecular weight excluding hydrogens is 152 g/mol. The topological polar surface area (TPSA) is 44.3 Å². The fourth-order valence-electron chi connectivity index (χ4n) is 1.14. The van der Waals surface area contributed by atoms with E-state index in [9.17, 15) is 0 Å². The highest BCUT2D eigenvalue weighted by Gasteiger charge is 2.19. The van der Waals surface area contributed by atoms with Gasteiger partial charge in [-0.25, -0.2) is 0 Å². The van der Waals surface area contributed by atoms with Gasteiger partial charge in [0.1, 0.15) is 0 Å². The predicted molar refractivity (Wildman–Crippen MR) is 50.2 cm³/mol. The van der Waals surface area contributed by atoms with Crippen LogP contribution in [0.3, 0.4) is 0 Å². The number of aliphatic hydroxyl groups excluding tert-OH is 1. The van der Waals surface area contributed by atoms with Crippen molar-refractivity contribution in [2.45, 2.75) is 31.7 Å². The lowest BCUT2D eigenvalue weighted by Gasteiger charge is -2.04. The van der Waals surface area contributed by atoms with E-state index in [0.717, 1.165) is 38.5 Å². The van der Waals surface area contributed by atoms with Crippen LogP contribution in [0.2, 0.25) is 0 Å². The Kier molecular flexibility index (Phi) is 5.32. The fourth-order valence-corrected chi connectivity index (χ4v) is 1.14. The summed E-state index contributed by atoms with van der Waals surface area (Å²) in [6.07, 6.45) is 4.73. The van der Waals surface area contributed by atoms with Gasteiger partial charge in [0.15, 0.2) is 0 Å². The van der Waals surface area contributed by atoms with Crippen molar-refractivity contribution in [3.05, 3.63) is 0 Å². The fraction of sp³-hybridized carbons (Fsp3) is 1.00. The van der Waals surface area contributed by atoms with Gasteiger partial charge < -0.3 is 15.7 Å². The van der Waals surface area contributed by atoms with Crippen LogP contribution in [0.4, 0.5) is 0 Å². The summed E-state index contributed by atoms with van der Waals surface area (Å²) in [5.41, 5.74) is 0. The third-order valence-corrected chi connectivity index (χ3v) is 2.07. The standard InChI is InChI=1S/C9H20N2O/c12-8-2-1-5-10-6-7-11-9-3-4-9/h9-12H,1-8H2. The van der Waals surface area contributed by atoms with Crippen molar-refractivity contribution in [3.8, 4) is 0 Å².